The zero-order valence-electron chi connectivity index (χ0n) is 13.4. The van der Waals surface area contributed by atoms with Gasteiger partial charge in [-0.1, -0.05) is 6.07 Å². The largest absolute Gasteiger partial charge is 0.494 e. The highest BCUT2D eigenvalue weighted by molar-refractivity contribution is 7.92. The molecule has 1 amide bonds. The second-order valence-electron chi connectivity index (χ2n) is 5.18. The number of ether oxygens (including phenoxy) is 1. The molecule has 0 fully saturated rings. The van der Waals surface area contributed by atoms with Crippen LogP contribution in [0.1, 0.15) is 6.92 Å². The molecular weight excluding hydrogens is 344 g/mol. The van der Waals surface area contributed by atoms with Crippen molar-refractivity contribution in [1.82, 2.24) is 14.6 Å². The number of sulfone groups is 1. The zero-order chi connectivity index (χ0) is 17.9. The van der Waals surface area contributed by atoms with Gasteiger partial charge in [-0.25, -0.2) is 8.42 Å². The Hall–Kier alpha value is -2.94. The number of rotatable bonds is 6. The number of benzene rings is 1. The molecule has 0 saturated heterocycles. The molecule has 0 unspecified atom stereocenters. The molecule has 0 saturated carbocycles. The monoisotopic (exact) mass is 360 g/mol. The SMILES string of the molecule is CCOc1ccc(NC(=O)CS(=O)(=O)c2nnc3ccccn23)cc1. The lowest BCUT2D eigenvalue weighted by Gasteiger charge is -2.07. The third kappa shape index (κ3) is 3.77. The third-order valence-electron chi connectivity index (χ3n) is 3.33. The number of fused-ring (bicyclic) bond motifs is 1. The van der Waals surface area contributed by atoms with E-state index in [1.807, 2.05) is 6.92 Å². The van der Waals surface area contributed by atoms with Gasteiger partial charge in [-0.15, -0.1) is 10.2 Å². The number of carbonyl (C=O) groups excluding carboxylic acids is 1. The van der Waals surface area contributed by atoms with Crippen LogP contribution < -0.4 is 10.1 Å². The number of amides is 1. The zero-order valence-corrected chi connectivity index (χ0v) is 14.2. The molecule has 0 radical (unpaired) electrons. The second kappa shape index (κ2) is 6.89. The molecule has 0 atom stereocenters. The number of aromatic nitrogens is 3. The molecule has 2 aromatic heterocycles. The number of nitrogens with one attached hydrogen (secondary N) is 1. The molecule has 8 nitrogen and oxygen atoms in total. The van der Waals surface area contributed by atoms with Gasteiger partial charge in [0.2, 0.25) is 15.7 Å². The van der Waals surface area contributed by atoms with Crippen LogP contribution >= 0.6 is 0 Å². The van der Waals surface area contributed by atoms with Crippen molar-refractivity contribution >= 4 is 27.1 Å². The van der Waals surface area contributed by atoms with Crippen molar-refractivity contribution in [3.63, 3.8) is 0 Å². The Morgan fingerprint density at radius 2 is 1.92 bits per heavy atom. The van der Waals surface area contributed by atoms with Gasteiger partial charge in [0, 0.05) is 11.9 Å². The molecular formula is C16H16N4O4S. The lowest BCUT2D eigenvalue weighted by Crippen LogP contribution is -2.24. The summed E-state index contributed by atoms with van der Waals surface area (Å²) in [4.78, 5) is 12.1. The van der Waals surface area contributed by atoms with Crippen LogP contribution in [0.4, 0.5) is 5.69 Å². The Bertz CT molecular complexity index is 996. The van der Waals surface area contributed by atoms with E-state index < -0.39 is 21.5 Å². The highest BCUT2D eigenvalue weighted by Gasteiger charge is 2.25. The molecule has 0 aliphatic carbocycles. The number of carbonyl (C=O) groups is 1. The quantitative estimate of drug-likeness (QED) is 0.715. The molecule has 0 aliphatic rings. The number of hydrogen-bond donors (Lipinski definition) is 1. The van der Waals surface area contributed by atoms with E-state index in [9.17, 15) is 13.2 Å². The summed E-state index contributed by atoms with van der Waals surface area (Å²) < 4.78 is 31.5. The van der Waals surface area contributed by atoms with Gasteiger partial charge in [-0.05, 0) is 43.3 Å². The van der Waals surface area contributed by atoms with Crippen LogP contribution in [0.5, 0.6) is 5.75 Å². The average Bonchev–Trinajstić information content (AvgIpc) is 3.01. The summed E-state index contributed by atoms with van der Waals surface area (Å²) in [6.45, 7) is 2.41. The van der Waals surface area contributed by atoms with Gasteiger partial charge in [0.15, 0.2) is 5.65 Å². The molecule has 1 N–H and O–H groups in total. The van der Waals surface area contributed by atoms with Crippen molar-refractivity contribution in [2.75, 3.05) is 17.7 Å². The van der Waals surface area contributed by atoms with Crippen LogP contribution in [0.3, 0.4) is 0 Å². The van der Waals surface area contributed by atoms with E-state index >= 15 is 0 Å². The van der Waals surface area contributed by atoms with E-state index in [4.69, 9.17) is 4.74 Å². The van der Waals surface area contributed by atoms with Gasteiger partial charge in [-0.3, -0.25) is 9.20 Å². The third-order valence-corrected chi connectivity index (χ3v) is 4.81. The number of hydrogen-bond acceptors (Lipinski definition) is 6. The summed E-state index contributed by atoms with van der Waals surface area (Å²) in [5.41, 5.74) is 0.878. The van der Waals surface area contributed by atoms with Gasteiger partial charge < -0.3 is 10.1 Å². The number of pyridine rings is 1. The van der Waals surface area contributed by atoms with Gasteiger partial charge in [0.05, 0.1) is 6.61 Å². The Balaban J connectivity index is 1.73. The molecule has 2 heterocycles. The van der Waals surface area contributed by atoms with E-state index in [1.54, 1.807) is 42.5 Å². The minimum Gasteiger partial charge on any atom is -0.494 e. The van der Waals surface area contributed by atoms with Crippen LogP contribution in [0, 0.1) is 0 Å². The van der Waals surface area contributed by atoms with E-state index in [0.717, 1.165) is 0 Å². The van der Waals surface area contributed by atoms with Crippen LogP contribution in [0.15, 0.2) is 53.8 Å². The van der Waals surface area contributed by atoms with Crippen LogP contribution in [0.2, 0.25) is 0 Å². The molecule has 3 rings (SSSR count). The Labute approximate surface area is 144 Å². The first-order valence-electron chi connectivity index (χ1n) is 7.55. The summed E-state index contributed by atoms with van der Waals surface area (Å²) in [7, 11) is -3.93. The number of anilines is 1. The van der Waals surface area contributed by atoms with Crippen molar-refractivity contribution in [1.29, 1.82) is 0 Å². The normalized spacial score (nSPS) is 11.4. The van der Waals surface area contributed by atoms with Crippen molar-refractivity contribution in [2.45, 2.75) is 12.1 Å². The molecule has 9 heteroatoms. The van der Waals surface area contributed by atoms with Gasteiger partial charge in [0.1, 0.15) is 11.5 Å². The fraction of sp³-hybridized carbons (Fsp3) is 0.188. The Kier molecular flexibility index (Phi) is 4.66. The minimum absolute atomic E-state index is 0.259. The highest BCUT2D eigenvalue weighted by atomic mass is 32.2. The van der Waals surface area contributed by atoms with E-state index in [2.05, 4.69) is 15.5 Å². The summed E-state index contributed by atoms with van der Waals surface area (Å²) in [6.07, 6.45) is 1.53. The van der Waals surface area contributed by atoms with Gasteiger partial charge in [0.25, 0.3) is 5.16 Å². The van der Waals surface area contributed by atoms with Crippen molar-refractivity contribution in [3.8, 4) is 5.75 Å². The first kappa shape index (κ1) is 16.9. The summed E-state index contributed by atoms with van der Waals surface area (Å²) in [6, 6.07) is 11.7. The predicted molar refractivity (Wildman–Crippen MR) is 91.3 cm³/mol. The van der Waals surface area contributed by atoms with E-state index in [1.165, 1.54) is 10.6 Å². The average molecular weight is 360 g/mol. The van der Waals surface area contributed by atoms with E-state index in [0.29, 0.717) is 23.7 Å². The molecule has 0 spiro atoms. The standard InChI is InChI=1S/C16H16N4O4S/c1-2-24-13-8-6-12(7-9-13)17-15(21)11-25(22,23)16-19-18-14-5-3-4-10-20(14)16/h3-10H,2,11H2,1H3,(H,17,21). The smallest absolute Gasteiger partial charge is 0.254 e. The maximum absolute atomic E-state index is 12.4. The molecule has 130 valence electrons. The first-order valence-corrected chi connectivity index (χ1v) is 9.20. The fourth-order valence-corrected chi connectivity index (χ4v) is 3.43. The molecule has 0 bridgehead atoms. The maximum Gasteiger partial charge on any atom is 0.254 e. The van der Waals surface area contributed by atoms with Crippen molar-refractivity contribution in [2.24, 2.45) is 0 Å². The molecule has 0 aliphatic heterocycles. The van der Waals surface area contributed by atoms with Crippen molar-refractivity contribution in [3.05, 3.63) is 48.7 Å². The van der Waals surface area contributed by atoms with Crippen LogP contribution in [0.25, 0.3) is 5.65 Å². The minimum atomic E-state index is -3.93. The summed E-state index contributed by atoms with van der Waals surface area (Å²) in [5.74, 6) is -0.713. The maximum atomic E-state index is 12.4. The fourth-order valence-electron chi connectivity index (χ4n) is 2.27. The van der Waals surface area contributed by atoms with Gasteiger partial charge in [-0.2, -0.15) is 0 Å². The lowest BCUT2D eigenvalue weighted by atomic mass is 10.3. The van der Waals surface area contributed by atoms with Crippen LogP contribution in [-0.2, 0) is 14.6 Å². The van der Waals surface area contributed by atoms with E-state index in [-0.39, 0.29) is 5.16 Å². The highest BCUT2D eigenvalue weighted by Crippen LogP contribution is 2.16. The van der Waals surface area contributed by atoms with Gasteiger partial charge >= 0.3 is 0 Å². The second-order valence-corrected chi connectivity index (χ2v) is 7.06. The molecule has 1 aromatic carbocycles. The summed E-state index contributed by atoms with van der Waals surface area (Å²) >= 11 is 0. The Morgan fingerprint density at radius 3 is 2.64 bits per heavy atom. The molecule has 25 heavy (non-hydrogen) atoms. The first-order chi connectivity index (χ1) is 12.0. The summed E-state index contributed by atoms with van der Waals surface area (Å²) in [5, 5.41) is 9.77. The predicted octanol–water partition coefficient (Wildman–Crippen LogP) is 1.54. The van der Waals surface area contributed by atoms with Crippen molar-refractivity contribution < 1.29 is 17.9 Å². The Morgan fingerprint density at radius 1 is 1.16 bits per heavy atom. The van der Waals surface area contributed by atoms with Crippen LogP contribution in [-0.4, -0.2) is 41.3 Å². The topological polar surface area (TPSA) is 103 Å². The molecule has 3 aromatic rings. The number of nitrogens with zero attached hydrogens (tertiary/aromatic N) is 3. The lowest BCUT2D eigenvalue weighted by molar-refractivity contribution is -0.113.